The number of esters is 1. The van der Waals surface area contributed by atoms with Gasteiger partial charge in [0.05, 0.1) is 7.11 Å². The van der Waals surface area contributed by atoms with Crippen LogP contribution in [-0.4, -0.2) is 60.2 Å². The zero-order chi connectivity index (χ0) is 26.9. The molecule has 198 valence electrons. The fourth-order valence-electron chi connectivity index (χ4n) is 5.89. The van der Waals surface area contributed by atoms with Gasteiger partial charge in [0.15, 0.2) is 0 Å². The lowest BCUT2D eigenvalue weighted by Gasteiger charge is -2.26. The van der Waals surface area contributed by atoms with Crippen LogP contribution in [0.3, 0.4) is 0 Å². The molecular formula is C31H29N3O5. The number of rotatable bonds is 7. The second-order valence-electron chi connectivity index (χ2n) is 9.95. The third-order valence-corrected chi connectivity index (χ3v) is 7.81. The normalized spacial score (nSPS) is 17.1. The minimum atomic E-state index is -0.795. The molecule has 4 aromatic rings. The zero-order valence-electron chi connectivity index (χ0n) is 21.6. The SMILES string of the molecule is COC(=O)[C@H](Cc1c[nH]c2ccccc12)N1CC[C@H](NC(=O)OCC2c3ccccc3-c3ccccc32)C1=O. The summed E-state index contributed by atoms with van der Waals surface area (Å²) in [6, 6.07) is 22.5. The number of ether oxygens (including phenoxy) is 2. The van der Waals surface area contributed by atoms with E-state index in [0.29, 0.717) is 19.4 Å². The number of carbonyl (C=O) groups excluding carboxylic acids is 3. The van der Waals surface area contributed by atoms with Gasteiger partial charge in [-0.3, -0.25) is 4.79 Å². The number of likely N-dealkylation sites (tertiary alicyclic amines) is 1. The molecular weight excluding hydrogens is 494 g/mol. The number of aromatic nitrogens is 1. The van der Waals surface area contributed by atoms with Gasteiger partial charge >= 0.3 is 12.1 Å². The Morgan fingerprint density at radius 1 is 1.00 bits per heavy atom. The number of hydrogen-bond acceptors (Lipinski definition) is 5. The summed E-state index contributed by atoms with van der Waals surface area (Å²) >= 11 is 0. The number of methoxy groups -OCH3 is 1. The molecule has 3 aromatic carbocycles. The second-order valence-corrected chi connectivity index (χ2v) is 9.95. The molecule has 0 saturated carbocycles. The van der Waals surface area contributed by atoms with Gasteiger partial charge in [-0.2, -0.15) is 0 Å². The molecule has 2 N–H and O–H groups in total. The predicted molar refractivity (Wildman–Crippen MR) is 146 cm³/mol. The van der Waals surface area contributed by atoms with Crippen LogP contribution in [-0.2, 0) is 25.5 Å². The van der Waals surface area contributed by atoms with Gasteiger partial charge < -0.3 is 24.7 Å². The Morgan fingerprint density at radius 2 is 1.67 bits per heavy atom. The highest BCUT2D eigenvalue weighted by Crippen LogP contribution is 2.44. The van der Waals surface area contributed by atoms with Crippen LogP contribution in [0.25, 0.3) is 22.0 Å². The number of nitrogens with zero attached hydrogens (tertiary/aromatic N) is 1. The van der Waals surface area contributed by atoms with Crippen molar-refractivity contribution in [1.82, 2.24) is 15.2 Å². The number of H-pyrrole nitrogens is 1. The van der Waals surface area contributed by atoms with E-state index in [1.165, 1.54) is 12.0 Å². The van der Waals surface area contributed by atoms with Crippen molar-refractivity contribution in [3.63, 3.8) is 0 Å². The van der Waals surface area contributed by atoms with Crippen molar-refractivity contribution in [2.24, 2.45) is 0 Å². The number of alkyl carbamates (subject to hydrolysis) is 1. The van der Waals surface area contributed by atoms with Gasteiger partial charge in [0.2, 0.25) is 5.91 Å². The summed E-state index contributed by atoms with van der Waals surface area (Å²) in [7, 11) is 1.32. The van der Waals surface area contributed by atoms with E-state index in [1.807, 2.05) is 54.7 Å². The predicted octanol–water partition coefficient (Wildman–Crippen LogP) is 4.39. The monoisotopic (exact) mass is 523 g/mol. The number of fused-ring (bicyclic) bond motifs is 4. The van der Waals surface area contributed by atoms with E-state index >= 15 is 0 Å². The first kappa shape index (κ1) is 24.7. The van der Waals surface area contributed by atoms with Crippen molar-refractivity contribution in [1.29, 1.82) is 0 Å². The summed E-state index contributed by atoms with van der Waals surface area (Å²) in [5.74, 6) is -0.882. The first-order valence-electron chi connectivity index (χ1n) is 13.1. The molecule has 2 amide bonds. The van der Waals surface area contributed by atoms with Gasteiger partial charge in [-0.15, -0.1) is 0 Å². The van der Waals surface area contributed by atoms with Crippen molar-refractivity contribution < 1.29 is 23.9 Å². The Hall–Kier alpha value is -4.59. The number of para-hydroxylation sites is 1. The molecule has 1 saturated heterocycles. The summed E-state index contributed by atoms with van der Waals surface area (Å²) in [4.78, 5) is 43.6. The molecule has 0 spiro atoms. The maximum Gasteiger partial charge on any atom is 0.407 e. The number of nitrogens with one attached hydrogen (secondary N) is 2. The van der Waals surface area contributed by atoms with E-state index in [4.69, 9.17) is 9.47 Å². The summed E-state index contributed by atoms with van der Waals surface area (Å²) in [5.41, 5.74) is 6.40. The Labute approximate surface area is 225 Å². The van der Waals surface area contributed by atoms with E-state index in [0.717, 1.165) is 38.7 Å². The number of carbonyl (C=O) groups is 3. The lowest BCUT2D eigenvalue weighted by molar-refractivity contribution is -0.151. The highest BCUT2D eigenvalue weighted by atomic mass is 16.5. The largest absolute Gasteiger partial charge is 0.467 e. The molecule has 2 aliphatic rings. The molecule has 0 radical (unpaired) electrons. The third-order valence-electron chi connectivity index (χ3n) is 7.81. The van der Waals surface area contributed by atoms with Crippen LogP contribution in [0.2, 0.25) is 0 Å². The Morgan fingerprint density at radius 3 is 2.38 bits per heavy atom. The maximum absolute atomic E-state index is 13.3. The van der Waals surface area contributed by atoms with Crippen LogP contribution in [0, 0.1) is 0 Å². The Kier molecular flexibility index (Phi) is 6.52. The molecule has 6 rings (SSSR count). The molecule has 1 aliphatic carbocycles. The minimum Gasteiger partial charge on any atom is -0.467 e. The van der Waals surface area contributed by atoms with Crippen LogP contribution in [0.4, 0.5) is 4.79 Å². The average Bonchev–Trinajstić information content (AvgIpc) is 3.64. The summed E-state index contributed by atoms with van der Waals surface area (Å²) in [5, 5.41) is 3.71. The number of benzene rings is 3. The first-order valence-corrected chi connectivity index (χ1v) is 13.1. The van der Waals surface area contributed by atoms with Gasteiger partial charge in [-0.05, 0) is 40.3 Å². The van der Waals surface area contributed by atoms with Gasteiger partial charge in [-0.25, -0.2) is 9.59 Å². The second kappa shape index (κ2) is 10.3. The van der Waals surface area contributed by atoms with Crippen molar-refractivity contribution in [3.8, 4) is 11.1 Å². The van der Waals surface area contributed by atoms with Gasteiger partial charge in [0.1, 0.15) is 18.7 Å². The van der Waals surface area contributed by atoms with E-state index < -0.39 is 24.1 Å². The summed E-state index contributed by atoms with van der Waals surface area (Å²) < 4.78 is 10.7. The molecule has 8 nitrogen and oxygen atoms in total. The van der Waals surface area contributed by atoms with Crippen molar-refractivity contribution >= 4 is 28.9 Å². The topological polar surface area (TPSA) is 101 Å². The van der Waals surface area contributed by atoms with Gasteiger partial charge in [0, 0.05) is 36.0 Å². The molecule has 39 heavy (non-hydrogen) atoms. The lowest BCUT2D eigenvalue weighted by atomic mass is 9.98. The standard InChI is InChI=1S/C31H29N3O5/c1-38-30(36)28(16-19-17-32-26-13-7-6-8-20(19)26)34-15-14-27(29(34)35)33-31(37)39-18-25-23-11-4-2-9-21(23)22-10-3-5-12-24(22)25/h2-13,17,25,27-28,32H,14-16,18H2,1H3,(H,33,37)/t27-,28-/m0/s1. The Balaban J connectivity index is 1.11. The van der Waals surface area contributed by atoms with E-state index in [9.17, 15) is 14.4 Å². The molecule has 2 atom stereocenters. The van der Waals surface area contributed by atoms with Crippen LogP contribution in [0.15, 0.2) is 79.0 Å². The molecule has 8 heteroatoms. The number of amides is 2. The molecule has 0 unspecified atom stereocenters. The van der Waals surface area contributed by atoms with Gasteiger partial charge in [0.25, 0.3) is 0 Å². The number of aromatic amines is 1. The van der Waals surface area contributed by atoms with E-state index in [-0.39, 0.29) is 18.4 Å². The zero-order valence-corrected chi connectivity index (χ0v) is 21.6. The number of hydrogen-bond donors (Lipinski definition) is 2. The summed E-state index contributed by atoms with van der Waals surface area (Å²) in [6.45, 7) is 0.491. The smallest absolute Gasteiger partial charge is 0.407 e. The van der Waals surface area contributed by atoms with Crippen LogP contribution in [0.1, 0.15) is 29.0 Å². The third kappa shape index (κ3) is 4.52. The van der Waals surface area contributed by atoms with E-state index in [1.54, 1.807) is 0 Å². The summed E-state index contributed by atoms with van der Waals surface area (Å²) in [6.07, 6.45) is 1.89. The van der Waals surface area contributed by atoms with Crippen LogP contribution in [0.5, 0.6) is 0 Å². The van der Waals surface area contributed by atoms with Crippen LogP contribution < -0.4 is 5.32 Å². The fourth-order valence-corrected chi connectivity index (χ4v) is 5.89. The molecule has 1 fully saturated rings. The average molecular weight is 524 g/mol. The highest BCUT2D eigenvalue weighted by molar-refractivity contribution is 5.92. The van der Waals surface area contributed by atoms with Crippen molar-refractivity contribution in [2.75, 3.05) is 20.3 Å². The van der Waals surface area contributed by atoms with Crippen LogP contribution >= 0.6 is 0 Å². The van der Waals surface area contributed by atoms with Gasteiger partial charge in [-0.1, -0.05) is 66.7 Å². The molecule has 1 aromatic heterocycles. The van der Waals surface area contributed by atoms with E-state index in [2.05, 4.69) is 34.6 Å². The maximum atomic E-state index is 13.3. The fraction of sp³-hybridized carbons (Fsp3) is 0.258. The van der Waals surface area contributed by atoms with Crippen molar-refractivity contribution in [2.45, 2.75) is 30.8 Å². The molecule has 2 heterocycles. The molecule has 0 bridgehead atoms. The first-order chi connectivity index (χ1) is 19.0. The Bertz CT molecular complexity index is 1520. The van der Waals surface area contributed by atoms with Crippen molar-refractivity contribution in [3.05, 3.63) is 95.7 Å². The highest BCUT2D eigenvalue weighted by Gasteiger charge is 2.41. The quantitative estimate of drug-likeness (QED) is 0.350. The molecule has 1 aliphatic heterocycles. The lowest BCUT2D eigenvalue weighted by Crippen LogP contribution is -2.48. The minimum absolute atomic E-state index is 0.0705.